The summed E-state index contributed by atoms with van der Waals surface area (Å²) < 4.78 is 91.0. The fraction of sp³-hybridized carbons (Fsp3) is 0.300. The van der Waals surface area contributed by atoms with Gasteiger partial charge in [0.15, 0.2) is 11.6 Å². The maximum atomic E-state index is 14.9. The Bertz CT molecular complexity index is 1530. The number of ether oxygens (including phenoxy) is 1. The van der Waals surface area contributed by atoms with Crippen molar-refractivity contribution in [3.63, 3.8) is 0 Å². The molecule has 0 aliphatic carbocycles. The third kappa shape index (κ3) is 5.83. The molecule has 0 saturated carbocycles. The summed E-state index contributed by atoms with van der Waals surface area (Å²) in [5, 5.41) is 2.82. The summed E-state index contributed by atoms with van der Waals surface area (Å²) in [6, 6.07) is 12.5. The Morgan fingerprint density at radius 2 is 1.76 bits per heavy atom. The first kappa shape index (κ1) is 29.2. The lowest BCUT2D eigenvalue weighted by molar-refractivity contribution is -0.137. The van der Waals surface area contributed by atoms with Gasteiger partial charge in [0.05, 0.1) is 43.1 Å². The topological polar surface area (TPSA) is 66.3 Å². The quantitative estimate of drug-likeness (QED) is 0.340. The van der Waals surface area contributed by atoms with Crippen molar-refractivity contribution >= 4 is 18.1 Å². The number of hydrogen-bond donors (Lipinski definition) is 1. The molecule has 12 heteroatoms. The Morgan fingerprint density at radius 3 is 2.43 bits per heavy atom. The number of hydrogen-bond acceptors (Lipinski definition) is 4. The Kier molecular flexibility index (Phi) is 7.98. The van der Waals surface area contributed by atoms with Crippen LogP contribution in [0.1, 0.15) is 28.7 Å². The molecular weight excluding hydrogens is 562 g/mol. The maximum absolute atomic E-state index is 14.9. The molecule has 42 heavy (non-hydrogen) atoms. The van der Waals surface area contributed by atoms with Gasteiger partial charge in [0.25, 0.3) is 0 Å². The van der Waals surface area contributed by atoms with E-state index < -0.39 is 47.2 Å². The lowest BCUT2D eigenvalue weighted by Crippen LogP contribution is -2.55. The highest BCUT2D eigenvalue weighted by molar-refractivity contribution is 6.01. The summed E-state index contributed by atoms with van der Waals surface area (Å²) in [6.07, 6.45) is -5.19. The summed E-state index contributed by atoms with van der Waals surface area (Å²) in [4.78, 5) is 23.4. The largest absolute Gasteiger partial charge is 0.494 e. The zero-order valence-corrected chi connectivity index (χ0v) is 22.3. The predicted molar refractivity (Wildman–Crippen MR) is 145 cm³/mol. The molecule has 0 radical (unpaired) electrons. The maximum Gasteiger partial charge on any atom is 0.416 e. The minimum absolute atomic E-state index is 0.0378. The van der Waals surface area contributed by atoms with Crippen LogP contribution < -0.4 is 10.1 Å². The molecule has 3 aromatic rings. The summed E-state index contributed by atoms with van der Waals surface area (Å²) in [5.74, 6) is -2.19. The summed E-state index contributed by atoms with van der Waals surface area (Å²) >= 11 is 0. The van der Waals surface area contributed by atoms with E-state index in [1.54, 1.807) is 30.3 Å². The monoisotopic (exact) mass is 588 g/mol. The number of carbonyl (C=O) groups excluding carboxylic acids is 1. The van der Waals surface area contributed by atoms with Crippen molar-refractivity contribution in [2.45, 2.75) is 36.8 Å². The molecule has 0 aromatic heterocycles. The number of benzene rings is 3. The van der Waals surface area contributed by atoms with Gasteiger partial charge in [0.1, 0.15) is 18.3 Å². The van der Waals surface area contributed by atoms with E-state index in [0.29, 0.717) is 17.3 Å². The van der Waals surface area contributed by atoms with Crippen LogP contribution in [0.4, 0.5) is 31.1 Å². The van der Waals surface area contributed by atoms with E-state index >= 15 is 0 Å². The molecule has 1 saturated heterocycles. The second-order valence-electron chi connectivity index (χ2n) is 10.2. The lowest BCUT2D eigenvalue weighted by Gasteiger charge is -2.39. The van der Waals surface area contributed by atoms with Crippen molar-refractivity contribution in [2.75, 3.05) is 20.2 Å². The number of alkyl halides is 4. The van der Waals surface area contributed by atoms with Crippen LogP contribution in [0.5, 0.6) is 5.75 Å². The number of likely N-dealkylation sites (tertiary alicyclic amines) is 1. The van der Waals surface area contributed by atoms with Gasteiger partial charge < -0.3 is 15.0 Å². The Labute approximate surface area is 237 Å². The number of methoxy groups -OCH3 is 1. The second-order valence-corrected chi connectivity index (χ2v) is 10.2. The summed E-state index contributed by atoms with van der Waals surface area (Å²) in [5.41, 5.74) is -2.28. The molecule has 3 aromatic carbocycles. The molecule has 3 atom stereocenters. The van der Waals surface area contributed by atoms with Crippen molar-refractivity contribution in [1.82, 2.24) is 10.2 Å². The number of urea groups is 1. The molecule has 2 aliphatic rings. The highest BCUT2D eigenvalue weighted by atomic mass is 19.4. The molecule has 2 heterocycles. The molecule has 220 valence electrons. The van der Waals surface area contributed by atoms with Crippen LogP contribution in [0.15, 0.2) is 76.7 Å². The molecule has 0 unspecified atom stereocenters. The average Bonchev–Trinajstić information content (AvgIpc) is 3.62. The highest BCUT2D eigenvalue weighted by Gasteiger charge is 2.44. The molecular formula is C30H26F6N4O2. The SMILES string of the molecule is COc1cc([C@@](Cc2ccccc2)(NC(=O)N2C[C@@H](F)C[C@H]2C2=NC=NC2)c2cc(F)cc(C(F)(F)F)c2)ccc1F. The molecule has 0 bridgehead atoms. The van der Waals surface area contributed by atoms with E-state index in [4.69, 9.17) is 4.74 Å². The van der Waals surface area contributed by atoms with Gasteiger partial charge in [0, 0.05) is 12.8 Å². The standard InChI is InChI=1S/C30H26F6N4O2/c1-42-27-12-19(7-8-24(27)33)29(14-18-5-3-2-4-6-18,20-9-21(30(34,35)36)11-22(31)10-20)39-28(41)40-16-23(32)13-26(40)25-15-37-17-38-25/h2-12,17,23,26H,13-16H2,1H3,(H,39,41)/t23-,26-,29+/m0/s1. The zero-order valence-electron chi connectivity index (χ0n) is 22.3. The Morgan fingerprint density at radius 1 is 1.02 bits per heavy atom. The number of carbonyl (C=O) groups is 1. The molecule has 0 spiro atoms. The van der Waals surface area contributed by atoms with Crippen LogP contribution in [0.2, 0.25) is 0 Å². The van der Waals surface area contributed by atoms with Gasteiger partial charge in [-0.1, -0.05) is 36.4 Å². The van der Waals surface area contributed by atoms with Crippen LogP contribution in [0.3, 0.4) is 0 Å². The fourth-order valence-corrected chi connectivity index (χ4v) is 5.45. The first-order chi connectivity index (χ1) is 20.0. The van der Waals surface area contributed by atoms with Gasteiger partial charge in [-0.2, -0.15) is 13.2 Å². The normalized spacial score (nSPS) is 19.9. The minimum atomic E-state index is -4.91. The van der Waals surface area contributed by atoms with E-state index in [9.17, 15) is 31.1 Å². The third-order valence-corrected chi connectivity index (χ3v) is 7.45. The number of nitrogens with one attached hydrogen (secondary N) is 1. The van der Waals surface area contributed by atoms with Crippen LogP contribution in [-0.4, -0.2) is 55.4 Å². The number of nitrogens with zero attached hydrogens (tertiary/aromatic N) is 3. The first-order valence-electron chi connectivity index (χ1n) is 13.0. The smallest absolute Gasteiger partial charge is 0.416 e. The number of amides is 2. The molecule has 5 rings (SSSR count). The van der Waals surface area contributed by atoms with Crippen LogP contribution in [-0.2, 0) is 18.1 Å². The van der Waals surface area contributed by atoms with Gasteiger partial charge in [-0.3, -0.25) is 4.99 Å². The molecule has 6 nitrogen and oxygen atoms in total. The van der Waals surface area contributed by atoms with Gasteiger partial charge in [0.2, 0.25) is 0 Å². The van der Waals surface area contributed by atoms with E-state index in [2.05, 4.69) is 15.3 Å². The first-order valence-corrected chi connectivity index (χ1v) is 13.0. The summed E-state index contributed by atoms with van der Waals surface area (Å²) in [7, 11) is 1.21. The zero-order chi connectivity index (χ0) is 30.1. The predicted octanol–water partition coefficient (Wildman–Crippen LogP) is 6.08. The van der Waals surface area contributed by atoms with Crippen molar-refractivity contribution in [3.8, 4) is 5.75 Å². The molecule has 2 amide bonds. The molecule has 1 fully saturated rings. The fourth-order valence-electron chi connectivity index (χ4n) is 5.45. The van der Waals surface area contributed by atoms with Gasteiger partial charge in [-0.15, -0.1) is 0 Å². The Balaban J connectivity index is 1.71. The van der Waals surface area contributed by atoms with E-state index in [1.807, 2.05) is 0 Å². The molecule has 1 N–H and O–H groups in total. The summed E-state index contributed by atoms with van der Waals surface area (Å²) in [6.45, 7) is -0.134. The molecule has 2 aliphatic heterocycles. The second kappa shape index (κ2) is 11.5. The van der Waals surface area contributed by atoms with E-state index in [1.165, 1.54) is 30.5 Å². The van der Waals surface area contributed by atoms with Crippen LogP contribution in [0, 0.1) is 11.6 Å². The van der Waals surface area contributed by atoms with Crippen molar-refractivity contribution in [3.05, 3.63) is 101 Å². The van der Waals surface area contributed by atoms with Gasteiger partial charge in [-0.05, 0) is 47.0 Å². The number of halogens is 6. The lowest BCUT2D eigenvalue weighted by atomic mass is 9.77. The van der Waals surface area contributed by atoms with Gasteiger partial charge >= 0.3 is 12.2 Å². The van der Waals surface area contributed by atoms with Crippen LogP contribution in [0.25, 0.3) is 0 Å². The average molecular weight is 589 g/mol. The highest BCUT2D eigenvalue weighted by Crippen LogP contribution is 2.40. The van der Waals surface area contributed by atoms with Gasteiger partial charge in [-0.25, -0.2) is 23.0 Å². The Hall–Kier alpha value is -4.35. The minimum Gasteiger partial charge on any atom is -0.494 e. The van der Waals surface area contributed by atoms with Crippen molar-refractivity contribution < 1.29 is 35.9 Å². The van der Waals surface area contributed by atoms with E-state index in [0.717, 1.165) is 18.2 Å². The van der Waals surface area contributed by atoms with Crippen LogP contribution >= 0.6 is 0 Å². The number of aliphatic imine (C=N–C) groups is 2. The number of rotatable bonds is 7. The van der Waals surface area contributed by atoms with E-state index in [-0.39, 0.29) is 42.8 Å². The third-order valence-electron chi connectivity index (χ3n) is 7.45. The van der Waals surface area contributed by atoms with Crippen molar-refractivity contribution in [1.29, 1.82) is 0 Å². The van der Waals surface area contributed by atoms with Crippen molar-refractivity contribution in [2.24, 2.45) is 9.98 Å².